The zero-order valence-corrected chi connectivity index (χ0v) is 12.0. The van der Waals surface area contributed by atoms with E-state index in [0.29, 0.717) is 11.3 Å². The first-order chi connectivity index (χ1) is 9.10. The van der Waals surface area contributed by atoms with Gasteiger partial charge in [-0.25, -0.2) is 0 Å². The van der Waals surface area contributed by atoms with E-state index < -0.39 is 0 Å². The molecule has 1 amide bonds. The summed E-state index contributed by atoms with van der Waals surface area (Å²) in [7, 11) is 0. The van der Waals surface area contributed by atoms with E-state index >= 15 is 0 Å². The van der Waals surface area contributed by atoms with E-state index in [2.05, 4.69) is 27.2 Å². The number of carbonyl (C=O) groups is 1. The molecule has 2 nitrogen and oxygen atoms in total. The topological polar surface area (TPSA) is 29.1 Å². The van der Waals surface area contributed by atoms with Crippen LogP contribution in [0.15, 0.2) is 46.9 Å². The number of aryl methyl sites for hydroxylation is 1. The molecule has 3 heteroatoms. The second kappa shape index (κ2) is 5.73. The Morgan fingerprint density at radius 1 is 1.26 bits per heavy atom. The third kappa shape index (κ3) is 3.24. The highest BCUT2D eigenvalue weighted by Gasteiger charge is 2.09. The molecule has 0 radical (unpaired) electrons. The quantitative estimate of drug-likeness (QED) is 0.834. The van der Waals surface area contributed by atoms with Gasteiger partial charge < -0.3 is 5.32 Å². The molecule has 2 aromatic rings. The lowest BCUT2D eigenvalue weighted by molar-refractivity contribution is 0.102. The Bertz CT molecular complexity index is 671. The van der Waals surface area contributed by atoms with Gasteiger partial charge >= 0.3 is 0 Å². The van der Waals surface area contributed by atoms with Crippen molar-refractivity contribution in [3.05, 3.63) is 63.6 Å². The number of halogens is 1. The lowest BCUT2D eigenvalue weighted by Crippen LogP contribution is -2.13. The van der Waals surface area contributed by atoms with Gasteiger partial charge in [0.05, 0.1) is 0 Å². The number of terminal acetylenes is 1. The summed E-state index contributed by atoms with van der Waals surface area (Å²) in [6, 6.07) is 12.8. The number of hydrogen-bond donors (Lipinski definition) is 1. The molecule has 0 aliphatic heterocycles. The van der Waals surface area contributed by atoms with Crippen LogP contribution in [0.2, 0.25) is 0 Å². The van der Waals surface area contributed by atoms with Crippen LogP contribution < -0.4 is 5.32 Å². The molecule has 0 aliphatic carbocycles. The fourth-order valence-electron chi connectivity index (χ4n) is 1.77. The molecule has 0 bridgehead atoms. The molecule has 0 fully saturated rings. The monoisotopic (exact) mass is 313 g/mol. The highest BCUT2D eigenvalue weighted by Crippen LogP contribution is 2.18. The molecule has 0 saturated heterocycles. The molecule has 0 aromatic heterocycles. The number of rotatable bonds is 2. The van der Waals surface area contributed by atoms with E-state index in [1.165, 1.54) is 0 Å². The fraction of sp³-hybridized carbons (Fsp3) is 0.0625. The maximum absolute atomic E-state index is 12.2. The number of nitrogens with one attached hydrogen (secondary N) is 1. The Morgan fingerprint density at radius 3 is 2.74 bits per heavy atom. The minimum atomic E-state index is -0.140. The Kier molecular flexibility index (Phi) is 4.03. The highest BCUT2D eigenvalue weighted by atomic mass is 79.9. The molecular weight excluding hydrogens is 302 g/mol. The van der Waals surface area contributed by atoms with Crippen molar-refractivity contribution < 1.29 is 4.79 Å². The average Bonchev–Trinajstić information content (AvgIpc) is 2.38. The van der Waals surface area contributed by atoms with Crippen LogP contribution >= 0.6 is 15.9 Å². The van der Waals surface area contributed by atoms with Gasteiger partial charge in [-0.15, -0.1) is 6.42 Å². The van der Waals surface area contributed by atoms with Gasteiger partial charge in [0.1, 0.15) is 0 Å². The zero-order valence-electron chi connectivity index (χ0n) is 10.4. The lowest BCUT2D eigenvalue weighted by atomic mass is 10.1. The van der Waals surface area contributed by atoms with Gasteiger partial charge in [0.2, 0.25) is 0 Å². The maximum Gasteiger partial charge on any atom is 0.255 e. The lowest BCUT2D eigenvalue weighted by Gasteiger charge is -2.08. The number of anilines is 1. The van der Waals surface area contributed by atoms with Crippen LogP contribution in [0.3, 0.4) is 0 Å². The molecule has 94 valence electrons. The Hall–Kier alpha value is -2.05. The first kappa shape index (κ1) is 13.4. The zero-order chi connectivity index (χ0) is 13.8. The number of carbonyl (C=O) groups excluding carboxylic acids is 1. The van der Waals surface area contributed by atoms with Gasteiger partial charge in [-0.3, -0.25) is 4.79 Å². The summed E-state index contributed by atoms with van der Waals surface area (Å²) in [6.45, 7) is 1.90. The molecule has 2 rings (SSSR count). The van der Waals surface area contributed by atoms with Gasteiger partial charge in [-0.1, -0.05) is 27.9 Å². The average molecular weight is 314 g/mol. The normalized spacial score (nSPS) is 9.74. The Labute approximate surface area is 121 Å². The van der Waals surface area contributed by atoms with Gasteiger partial charge in [-0.2, -0.15) is 0 Å². The summed E-state index contributed by atoms with van der Waals surface area (Å²) in [5, 5.41) is 2.84. The fourth-order valence-corrected chi connectivity index (χ4v) is 2.24. The van der Waals surface area contributed by atoms with E-state index in [4.69, 9.17) is 6.42 Å². The van der Waals surface area contributed by atoms with E-state index in [9.17, 15) is 4.79 Å². The van der Waals surface area contributed by atoms with Crippen LogP contribution in [-0.4, -0.2) is 5.91 Å². The Balaban J connectivity index is 2.23. The Morgan fingerprint density at radius 2 is 2.05 bits per heavy atom. The minimum absolute atomic E-state index is 0.140. The summed E-state index contributed by atoms with van der Waals surface area (Å²) in [5.41, 5.74) is 3.00. The molecule has 0 spiro atoms. The maximum atomic E-state index is 12.2. The van der Waals surface area contributed by atoms with E-state index in [1.54, 1.807) is 12.1 Å². The van der Waals surface area contributed by atoms with E-state index in [0.717, 1.165) is 15.6 Å². The predicted octanol–water partition coefficient (Wildman–Crippen LogP) is 3.99. The molecule has 0 saturated carbocycles. The van der Waals surface area contributed by atoms with Crippen LogP contribution in [0.1, 0.15) is 21.5 Å². The predicted molar refractivity (Wildman–Crippen MR) is 81.2 cm³/mol. The molecule has 0 atom stereocenters. The molecule has 0 heterocycles. The molecule has 0 aliphatic rings. The summed E-state index contributed by atoms with van der Waals surface area (Å²) >= 11 is 3.38. The standard InChI is InChI=1S/C16H12BrNO/c1-3-12-5-4-6-14(10-12)18-16(19)15-8-7-13(17)9-11(15)2/h1,4-10H,2H3,(H,18,19). The van der Waals surface area contributed by atoms with Crippen molar-refractivity contribution >= 4 is 27.5 Å². The SMILES string of the molecule is C#Cc1cccc(NC(=O)c2ccc(Br)cc2C)c1. The molecule has 19 heavy (non-hydrogen) atoms. The van der Waals surface area contributed by atoms with Gasteiger partial charge in [0.25, 0.3) is 5.91 Å². The summed E-state index contributed by atoms with van der Waals surface area (Å²) in [4.78, 5) is 12.2. The second-order valence-corrected chi connectivity index (χ2v) is 5.05. The minimum Gasteiger partial charge on any atom is -0.322 e. The number of benzene rings is 2. The van der Waals surface area contributed by atoms with Gasteiger partial charge in [0, 0.05) is 21.3 Å². The number of hydrogen-bond acceptors (Lipinski definition) is 1. The van der Waals surface area contributed by atoms with Crippen LogP contribution in [0.5, 0.6) is 0 Å². The molecular formula is C16H12BrNO. The summed E-state index contributed by atoms with van der Waals surface area (Å²) < 4.78 is 0.955. The van der Waals surface area contributed by atoms with Crippen molar-refractivity contribution in [3.63, 3.8) is 0 Å². The summed E-state index contributed by atoms with van der Waals surface area (Å²) in [6.07, 6.45) is 5.33. The van der Waals surface area contributed by atoms with E-state index in [-0.39, 0.29) is 5.91 Å². The van der Waals surface area contributed by atoms with Gasteiger partial charge in [-0.05, 0) is 48.9 Å². The number of amides is 1. The van der Waals surface area contributed by atoms with Crippen molar-refractivity contribution in [2.45, 2.75) is 6.92 Å². The van der Waals surface area contributed by atoms with Crippen molar-refractivity contribution in [1.29, 1.82) is 0 Å². The van der Waals surface area contributed by atoms with Crippen molar-refractivity contribution in [3.8, 4) is 12.3 Å². The van der Waals surface area contributed by atoms with Crippen molar-refractivity contribution in [2.24, 2.45) is 0 Å². The third-order valence-corrected chi connectivity index (χ3v) is 3.21. The first-order valence-electron chi connectivity index (χ1n) is 5.74. The van der Waals surface area contributed by atoms with Crippen LogP contribution in [0, 0.1) is 19.3 Å². The largest absolute Gasteiger partial charge is 0.322 e. The summed E-state index contributed by atoms with van der Waals surface area (Å²) in [5.74, 6) is 2.40. The van der Waals surface area contributed by atoms with Crippen LogP contribution in [0.4, 0.5) is 5.69 Å². The highest BCUT2D eigenvalue weighted by molar-refractivity contribution is 9.10. The van der Waals surface area contributed by atoms with Crippen LogP contribution in [0.25, 0.3) is 0 Å². The second-order valence-electron chi connectivity index (χ2n) is 4.14. The van der Waals surface area contributed by atoms with Crippen LogP contribution in [-0.2, 0) is 0 Å². The molecule has 1 N–H and O–H groups in total. The van der Waals surface area contributed by atoms with Crippen molar-refractivity contribution in [2.75, 3.05) is 5.32 Å². The van der Waals surface area contributed by atoms with Crippen molar-refractivity contribution in [1.82, 2.24) is 0 Å². The first-order valence-corrected chi connectivity index (χ1v) is 6.53. The van der Waals surface area contributed by atoms with Gasteiger partial charge in [0.15, 0.2) is 0 Å². The third-order valence-electron chi connectivity index (χ3n) is 2.72. The smallest absolute Gasteiger partial charge is 0.255 e. The molecule has 0 unspecified atom stereocenters. The molecule has 2 aromatic carbocycles. The van der Waals surface area contributed by atoms with E-state index in [1.807, 2.05) is 37.3 Å².